The molecular formula is C16H23Cl2NO. The lowest BCUT2D eigenvalue weighted by Gasteiger charge is -2.44. The van der Waals surface area contributed by atoms with E-state index in [9.17, 15) is 5.11 Å². The molecular weight excluding hydrogens is 293 g/mol. The summed E-state index contributed by atoms with van der Waals surface area (Å²) in [7, 11) is 4.18. The highest BCUT2D eigenvalue weighted by molar-refractivity contribution is 6.42. The van der Waals surface area contributed by atoms with E-state index in [1.165, 1.54) is 5.56 Å². The fraction of sp³-hybridized carbons (Fsp3) is 0.625. The first-order valence-electron chi connectivity index (χ1n) is 7.07. The average Bonchev–Trinajstić information content (AvgIpc) is 2.35. The summed E-state index contributed by atoms with van der Waals surface area (Å²) >= 11 is 12.2. The molecule has 0 aliphatic heterocycles. The van der Waals surface area contributed by atoms with Gasteiger partial charge in [0.15, 0.2) is 0 Å². The molecule has 1 N–H and O–H groups in total. The van der Waals surface area contributed by atoms with Gasteiger partial charge in [0.05, 0.1) is 15.6 Å². The van der Waals surface area contributed by atoms with Gasteiger partial charge in [-0.05, 0) is 64.4 Å². The van der Waals surface area contributed by atoms with Gasteiger partial charge in [0.2, 0.25) is 0 Å². The van der Waals surface area contributed by atoms with E-state index in [0.29, 0.717) is 10.0 Å². The third-order valence-electron chi connectivity index (χ3n) is 4.44. The van der Waals surface area contributed by atoms with Crippen molar-refractivity contribution >= 4 is 23.2 Å². The van der Waals surface area contributed by atoms with Gasteiger partial charge in [0, 0.05) is 12.0 Å². The fourth-order valence-corrected chi connectivity index (χ4v) is 3.53. The van der Waals surface area contributed by atoms with E-state index < -0.39 is 5.60 Å². The quantitative estimate of drug-likeness (QED) is 0.907. The summed E-state index contributed by atoms with van der Waals surface area (Å²) in [5, 5.41) is 11.4. The van der Waals surface area contributed by atoms with E-state index in [1.54, 1.807) is 0 Å². The average molecular weight is 316 g/mol. The van der Waals surface area contributed by atoms with Crippen LogP contribution in [0.4, 0.5) is 0 Å². The van der Waals surface area contributed by atoms with E-state index in [4.69, 9.17) is 23.2 Å². The maximum absolute atomic E-state index is 10.2. The number of aliphatic hydroxyl groups is 1. The normalized spacial score (nSPS) is 30.8. The molecule has 1 aliphatic rings. The minimum atomic E-state index is -0.536. The molecule has 0 aromatic heterocycles. The van der Waals surface area contributed by atoms with Gasteiger partial charge in [-0.15, -0.1) is 0 Å². The lowest BCUT2D eigenvalue weighted by molar-refractivity contribution is -0.00436. The molecule has 0 atom stereocenters. The fourth-order valence-electron chi connectivity index (χ4n) is 3.24. The van der Waals surface area contributed by atoms with Crippen molar-refractivity contribution in [3.63, 3.8) is 0 Å². The number of likely N-dealkylation sites (N-methyl/N-ethyl adjacent to an activating group) is 1. The zero-order valence-electron chi connectivity index (χ0n) is 12.4. The summed E-state index contributed by atoms with van der Waals surface area (Å²) in [4.78, 5) is 2.21. The molecule has 2 nitrogen and oxygen atoms in total. The van der Waals surface area contributed by atoms with Crippen LogP contribution in [0.25, 0.3) is 0 Å². The topological polar surface area (TPSA) is 23.5 Å². The van der Waals surface area contributed by atoms with Crippen LogP contribution in [-0.4, -0.2) is 36.2 Å². The van der Waals surface area contributed by atoms with Crippen LogP contribution in [0.1, 0.15) is 38.2 Å². The predicted octanol–water partition coefficient (Wildman–Crippen LogP) is 4.12. The Morgan fingerprint density at radius 1 is 1.10 bits per heavy atom. The first kappa shape index (κ1) is 16.1. The predicted molar refractivity (Wildman–Crippen MR) is 85.8 cm³/mol. The number of rotatable bonds is 3. The minimum Gasteiger partial charge on any atom is -0.390 e. The lowest BCUT2D eigenvalue weighted by atomic mass is 9.65. The third kappa shape index (κ3) is 3.48. The monoisotopic (exact) mass is 315 g/mol. The number of nitrogens with zero attached hydrogens (tertiary/aromatic N) is 1. The lowest BCUT2D eigenvalue weighted by Crippen LogP contribution is -2.45. The second-order valence-electron chi connectivity index (χ2n) is 6.64. The molecule has 0 spiro atoms. The summed E-state index contributed by atoms with van der Waals surface area (Å²) in [5.41, 5.74) is 0.752. The smallest absolute Gasteiger partial charge is 0.0620 e. The van der Waals surface area contributed by atoms with Crippen LogP contribution in [0, 0.1) is 0 Å². The Morgan fingerprint density at radius 3 is 2.20 bits per heavy atom. The molecule has 112 valence electrons. The zero-order chi connectivity index (χ0) is 15.0. The molecule has 0 saturated heterocycles. The zero-order valence-corrected chi connectivity index (χ0v) is 13.9. The third-order valence-corrected chi connectivity index (χ3v) is 5.17. The molecule has 2 rings (SSSR count). The molecule has 0 radical (unpaired) electrons. The summed E-state index contributed by atoms with van der Waals surface area (Å²) in [5.74, 6) is 0. The van der Waals surface area contributed by atoms with E-state index in [1.807, 2.05) is 19.1 Å². The molecule has 1 aliphatic carbocycles. The highest BCUT2D eigenvalue weighted by atomic mass is 35.5. The Hall–Kier alpha value is -0.280. The van der Waals surface area contributed by atoms with Gasteiger partial charge in [-0.1, -0.05) is 29.3 Å². The van der Waals surface area contributed by atoms with Gasteiger partial charge in [-0.2, -0.15) is 0 Å². The maximum atomic E-state index is 10.2. The van der Waals surface area contributed by atoms with Gasteiger partial charge in [-0.25, -0.2) is 0 Å². The standard InChI is InChI=1S/C16H23Cl2NO/c1-15(20)6-8-16(9-7-15,11-19(2)3)12-4-5-13(17)14(18)10-12/h4-5,10,20H,6-9,11H2,1-3H3/t15-,16-. The van der Waals surface area contributed by atoms with Crippen LogP contribution in [0.2, 0.25) is 10.0 Å². The first-order valence-corrected chi connectivity index (χ1v) is 7.82. The number of benzene rings is 1. The molecule has 1 saturated carbocycles. The number of hydrogen-bond donors (Lipinski definition) is 1. The molecule has 0 amide bonds. The van der Waals surface area contributed by atoms with Crippen LogP contribution in [0.5, 0.6) is 0 Å². The van der Waals surface area contributed by atoms with Crippen molar-refractivity contribution in [1.29, 1.82) is 0 Å². The summed E-state index contributed by atoms with van der Waals surface area (Å²) in [6.07, 6.45) is 3.58. The molecule has 20 heavy (non-hydrogen) atoms. The second-order valence-corrected chi connectivity index (χ2v) is 7.46. The van der Waals surface area contributed by atoms with Gasteiger partial charge in [-0.3, -0.25) is 0 Å². The van der Waals surface area contributed by atoms with Gasteiger partial charge in [0.1, 0.15) is 0 Å². The van der Waals surface area contributed by atoms with Crippen molar-refractivity contribution in [1.82, 2.24) is 4.90 Å². The van der Waals surface area contributed by atoms with E-state index in [-0.39, 0.29) is 5.41 Å². The van der Waals surface area contributed by atoms with Crippen molar-refractivity contribution in [3.05, 3.63) is 33.8 Å². The summed E-state index contributed by atoms with van der Waals surface area (Å²) in [6.45, 7) is 2.89. The van der Waals surface area contributed by atoms with Crippen molar-refractivity contribution < 1.29 is 5.11 Å². The minimum absolute atomic E-state index is 0.0555. The Bertz CT molecular complexity index is 475. The highest BCUT2D eigenvalue weighted by Gasteiger charge is 2.41. The van der Waals surface area contributed by atoms with Gasteiger partial charge in [0.25, 0.3) is 0 Å². The number of halogens is 2. The Kier molecular flexibility index (Phi) is 4.70. The summed E-state index contributed by atoms with van der Waals surface area (Å²) in [6, 6.07) is 5.95. The Morgan fingerprint density at radius 2 is 1.70 bits per heavy atom. The molecule has 0 heterocycles. The van der Waals surface area contributed by atoms with Gasteiger partial charge < -0.3 is 10.0 Å². The molecule has 1 aromatic rings. The van der Waals surface area contributed by atoms with E-state index in [2.05, 4.69) is 25.1 Å². The largest absolute Gasteiger partial charge is 0.390 e. The molecule has 1 fully saturated rings. The maximum Gasteiger partial charge on any atom is 0.0620 e. The van der Waals surface area contributed by atoms with Gasteiger partial charge >= 0.3 is 0 Å². The van der Waals surface area contributed by atoms with Crippen molar-refractivity contribution in [3.8, 4) is 0 Å². The van der Waals surface area contributed by atoms with Crippen LogP contribution in [0.15, 0.2) is 18.2 Å². The number of hydrogen-bond acceptors (Lipinski definition) is 2. The second kappa shape index (κ2) is 5.84. The Labute approximate surface area is 131 Å². The molecule has 0 bridgehead atoms. The highest BCUT2D eigenvalue weighted by Crippen LogP contribution is 2.44. The first-order chi connectivity index (χ1) is 9.24. The van der Waals surface area contributed by atoms with Crippen molar-refractivity contribution in [2.75, 3.05) is 20.6 Å². The SMILES string of the molecule is CN(C)C[C@]1(c2ccc(Cl)c(Cl)c2)CC[C@](C)(O)CC1. The Balaban J connectivity index is 2.34. The van der Waals surface area contributed by atoms with Crippen LogP contribution in [0.3, 0.4) is 0 Å². The van der Waals surface area contributed by atoms with Crippen LogP contribution in [-0.2, 0) is 5.41 Å². The van der Waals surface area contributed by atoms with Crippen molar-refractivity contribution in [2.24, 2.45) is 0 Å². The van der Waals surface area contributed by atoms with Crippen LogP contribution >= 0.6 is 23.2 Å². The summed E-state index contributed by atoms with van der Waals surface area (Å²) < 4.78 is 0. The van der Waals surface area contributed by atoms with E-state index in [0.717, 1.165) is 32.2 Å². The molecule has 1 aromatic carbocycles. The van der Waals surface area contributed by atoms with Crippen molar-refractivity contribution in [2.45, 2.75) is 43.6 Å². The molecule has 4 heteroatoms. The molecule has 0 unspecified atom stereocenters. The van der Waals surface area contributed by atoms with Crippen LogP contribution < -0.4 is 0 Å². The van der Waals surface area contributed by atoms with E-state index >= 15 is 0 Å².